The van der Waals surface area contributed by atoms with E-state index in [2.05, 4.69) is 11.0 Å². The summed E-state index contributed by atoms with van der Waals surface area (Å²) in [6, 6.07) is 2.30. The molecule has 1 atom stereocenters. The lowest BCUT2D eigenvalue weighted by Gasteiger charge is -2.33. The zero-order valence-electron chi connectivity index (χ0n) is 10.0. The highest BCUT2D eigenvalue weighted by atomic mass is 16.1. The first-order valence-electron chi connectivity index (χ1n) is 6.25. The van der Waals surface area contributed by atoms with Gasteiger partial charge in [0.15, 0.2) is 0 Å². The predicted octanol–water partition coefficient (Wildman–Crippen LogP) is 1.98. The van der Waals surface area contributed by atoms with Crippen molar-refractivity contribution in [2.24, 2.45) is 11.3 Å². The summed E-state index contributed by atoms with van der Waals surface area (Å²) in [5, 5.41) is 8.79. The number of likely N-dealkylation sites (tertiary alicyclic amines) is 1. The van der Waals surface area contributed by atoms with Gasteiger partial charge < -0.3 is 4.90 Å². The molecule has 88 valence electrons. The molecule has 2 rings (SSSR count). The molecule has 0 amide bonds. The lowest BCUT2D eigenvalue weighted by molar-refractivity contribution is -0.122. The third kappa shape index (κ3) is 2.62. The molecule has 1 heterocycles. The topological polar surface area (TPSA) is 44.1 Å². The van der Waals surface area contributed by atoms with Gasteiger partial charge in [0.05, 0.1) is 6.07 Å². The molecule has 0 N–H and O–H groups in total. The molecule has 1 saturated heterocycles. The maximum Gasteiger partial charge on any atom is 0.134 e. The van der Waals surface area contributed by atoms with E-state index < -0.39 is 0 Å². The molecule has 2 aliphatic rings. The van der Waals surface area contributed by atoms with Gasteiger partial charge in [0.2, 0.25) is 0 Å². The molecule has 0 bridgehead atoms. The summed E-state index contributed by atoms with van der Waals surface area (Å²) in [5.74, 6) is 0.571. The zero-order valence-corrected chi connectivity index (χ0v) is 10.0. The molecule has 16 heavy (non-hydrogen) atoms. The largest absolute Gasteiger partial charge is 0.302 e. The molecule has 1 aliphatic carbocycles. The molecule has 0 aromatic carbocycles. The fraction of sp³-hybridized carbons (Fsp3) is 0.846. The molecule has 3 nitrogen and oxygen atoms in total. The number of carbonyl (C=O) groups is 1. The van der Waals surface area contributed by atoms with Gasteiger partial charge in [-0.3, -0.25) is 4.79 Å². The van der Waals surface area contributed by atoms with Crippen LogP contribution < -0.4 is 0 Å². The highest BCUT2D eigenvalue weighted by Crippen LogP contribution is 2.49. The monoisotopic (exact) mass is 220 g/mol. The Labute approximate surface area is 97.4 Å². The molecule has 0 radical (unpaired) electrons. The second-order valence-electron chi connectivity index (χ2n) is 5.52. The number of nitriles is 1. The molecule has 0 aromatic heterocycles. The van der Waals surface area contributed by atoms with E-state index in [0.29, 0.717) is 12.2 Å². The van der Waals surface area contributed by atoms with Crippen LogP contribution in [0.15, 0.2) is 0 Å². The van der Waals surface area contributed by atoms with Gasteiger partial charge in [0.25, 0.3) is 0 Å². The van der Waals surface area contributed by atoms with Crippen molar-refractivity contribution in [3.05, 3.63) is 0 Å². The van der Waals surface area contributed by atoms with Crippen molar-refractivity contribution in [1.29, 1.82) is 5.26 Å². The SMILES string of the molecule is CC(=O)C1CCCN(CC2(CC#N)CC2)C1. The Hall–Kier alpha value is -0.880. The van der Waals surface area contributed by atoms with E-state index in [1.165, 1.54) is 12.8 Å². The summed E-state index contributed by atoms with van der Waals surface area (Å²) in [6.45, 7) is 4.76. The number of hydrogen-bond donors (Lipinski definition) is 0. The third-order valence-corrected chi connectivity index (χ3v) is 4.05. The van der Waals surface area contributed by atoms with E-state index in [0.717, 1.165) is 32.5 Å². The number of rotatable bonds is 4. The van der Waals surface area contributed by atoms with Gasteiger partial charge in [-0.1, -0.05) is 0 Å². The molecule has 0 spiro atoms. The predicted molar refractivity (Wildman–Crippen MR) is 61.7 cm³/mol. The minimum absolute atomic E-state index is 0.242. The van der Waals surface area contributed by atoms with Crippen LogP contribution >= 0.6 is 0 Å². The molecule has 3 heteroatoms. The van der Waals surface area contributed by atoms with Crippen molar-refractivity contribution in [2.45, 2.75) is 39.0 Å². The van der Waals surface area contributed by atoms with Crippen LogP contribution in [0.1, 0.15) is 39.0 Å². The van der Waals surface area contributed by atoms with E-state index in [1.807, 2.05) is 0 Å². The van der Waals surface area contributed by atoms with E-state index in [9.17, 15) is 4.79 Å². The lowest BCUT2D eigenvalue weighted by Crippen LogP contribution is -2.41. The Bertz CT molecular complexity index is 314. The van der Waals surface area contributed by atoms with E-state index in [4.69, 9.17) is 5.26 Å². The van der Waals surface area contributed by atoms with Gasteiger partial charge in [0.1, 0.15) is 5.78 Å². The number of carbonyl (C=O) groups excluding carboxylic acids is 1. The van der Waals surface area contributed by atoms with Crippen molar-refractivity contribution >= 4 is 5.78 Å². The van der Waals surface area contributed by atoms with Crippen LogP contribution in [0.3, 0.4) is 0 Å². The van der Waals surface area contributed by atoms with Crippen molar-refractivity contribution in [2.75, 3.05) is 19.6 Å². The first kappa shape index (κ1) is 11.6. The maximum absolute atomic E-state index is 11.4. The zero-order chi connectivity index (χ0) is 11.6. The number of nitrogens with zero attached hydrogens (tertiary/aromatic N) is 2. The van der Waals surface area contributed by atoms with Crippen LogP contribution in [0.4, 0.5) is 0 Å². The van der Waals surface area contributed by atoms with Crippen LogP contribution in [0.5, 0.6) is 0 Å². The molecule has 1 unspecified atom stereocenters. The van der Waals surface area contributed by atoms with Crippen LogP contribution in [0, 0.1) is 22.7 Å². The number of ketones is 1. The van der Waals surface area contributed by atoms with Gasteiger partial charge in [-0.25, -0.2) is 0 Å². The third-order valence-electron chi connectivity index (χ3n) is 4.05. The highest BCUT2D eigenvalue weighted by Gasteiger charge is 2.44. The number of Topliss-reactive ketones (excluding diaryl/α,β-unsaturated/α-hetero) is 1. The smallest absolute Gasteiger partial charge is 0.134 e. The summed E-state index contributed by atoms with van der Waals surface area (Å²) in [5.41, 5.74) is 0.285. The Balaban J connectivity index is 1.86. The summed E-state index contributed by atoms with van der Waals surface area (Å²) in [7, 11) is 0. The average Bonchev–Trinajstić information content (AvgIpc) is 2.99. The summed E-state index contributed by atoms with van der Waals surface area (Å²) >= 11 is 0. The highest BCUT2D eigenvalue weighted by molar-refractivity contribution is 5.78. The van der Waals surface area contributed by atoms with Crippen molar-refractivity contribution in [3.63, 3.8) is 0 Å². The average molecular weight is 220 g/mol. The molecule has 2 fully saturated rings. The van der Waals surface area contributed by atoms with Crippen LogP contribution in [0.2, 0.25) is 0 Å². The summed E-state index contributed by atoms with van der Waals surface area (Å²) in [4.78, 5) is 13.8. The maximum atomic E-state index is 11.4. The lowest BCUT2D eigenvalue weighted by atomic mass is 9.93. The second-order valence-corrected chi connectivity index (χ2v) is 5.52. The first-order chi connectivity index (χ1) is 7.65. The van der Waals surface area contributed by atoms with Crippen molar-refractivity contribution in [3.8, 4) is 6.07 Å². The molecular formula is C13H20N2O. The van der Waals surface area contributed by atoms with Crippen LogP contribution in [0.25, 0.3) is 0 Å². The van der Waals surface area contributed by atoms with Crippen molar-refractivity contribution in [1.82, 2.24) is 4.90 Å². The quantitative estimate of drug-likeness (QED) is 0.727. The van der Waals surface area contributed by atoms with Crippen molar-refractivity contribution < 1.29 is 4.79 Å². The van der Waals surface area contributed by atoms with Gasteiger partial charge in [-0.2, -0.15) is 5.26 Å². The minimum atomic E-state index is 0.242. The Morgan fingerprint density at radius 3 is 2.88 bits per heavy atom. The normalized spacial score (nSPS) is 28.4. The Morgan fingerprint density at radius 1 is 1.56 bits per heavy atom. The fourth-order valence-corrected chi connectivity index (χ4v) is 2.74. The van der Waals surface area contributed by atoms with Crippen LogP contribution in [-0.2, 0) is 4.79 Å². The molecule has 1 aliphatic heterocycles. The van der Waals surface area contributed by atoms with E-state index in [1.54, 1.807) is 6.92 Å². The second kappa shape index (κ2) is 4.55. The molecule has 1 saturated carbocycles. The van der Waals surface area contributed by atoms with Gasteiger partial charge in [-0.15, -0.1) is 0 Å². The standard InChI is InChI=1S/C13H20N2O/c1-11(16)12-3-2-8-15(9-12)10-13(4-5-13)6-7-14/h12H,2-6,8-10H2,1H3. The Kier molecular flexibility index (Phi) is 3.30. The van der Waals surface area contributed by atoms with E-state index >= 15 is 0 Å². The fourth-order valence-electron chi connectivity index (χ4n) is 2.74. The van der Waals surface area contributed by atoms with Gasteiger partial charge in [0, 0.05) is 25.4 Å². The summed E-state index contributed by atoms with van der Waals surface area (Å²) < 4.78 is 0. The molecular weight excluding hydrogens is 200 g/mol. The van der Waals surface area contributed by atoms with E-state index in [-0.39, 0.29) is 11.3 Å². The number of hydrogen-bond acceptors (Lipinski definition) is 3. The first-order valence-corrected chi connectivity index (χ1v) is 6.25. The van der Waals surface area contributed by atoms with Gasteiger partial charge >= 0.3 is 0 Å². The number of piperidine rings is 1. The minimum Gasteiger partial charge on any atom is -0.302 e. The Morgan fingerprint density at radius 2 is 2.31 bits per heavy atom. The molecule has 0 aromatic rings. The van der Waals surface area contributed by atoms with Crippen LogP contribution in [-0.4, -0.2) is 30.3 Å². The van der Waals surface area contributed by atoms with Gasteiger partial charge in [-0.05, 0) is 44.6 Å². The summed E-state index contributed by atoms with van der Waals surface area (Å²) in [6.07, 6.45) is 5.27.